The maximum atomic E-state index is 12.2. The second kappa shape index (κ2) is 4.27. The number of aromatic nitrogens is 1. The van der Waals surface area contributed by atoms with Gasteiger partial charge in [-0.1, -0.05) is 5.16 Å². The van der Waals surface area contributed by atoms with Crippen molar-refractivity contribution in [1.82, 2.24) is 10.5 Å². The van der Waals surface area contributed by atoms with Crippen LogP contribution in [-0.4, -0.2) is 16.6 Å². The number of nitrogens with two attached hydrogens (primary N) is 1. The van der Waals surface area contributed by atoms with Crippen molar-refractivity contribution in [2.24, 2.45) is 5.73 Å². The van der Waals surface area contributed by atoms with E-state index >= 15 is 0 Å². The summed E-state index contributed by atoms with van der Waals surface area (Å²) >= 11 is 0. The Morgan fingerprint density at radius 3 is 2.72 bits per heavy atom. The van der Waals surface area contributed by atoms with Crippen molar-refractivity contribution in [1.29, 1.82) is 0 Å². The summed E-state index contributed by atoms with van der Waals surface area (Å²) in [5.41, 5.74) is 4.20. The van der Waals surface area contributed by atoms with Gasteiger partial charge in [-0.2, -0.15) is 13.2 Å². The first-order valence-corrected chi connectivity index (χ1v) is 5.37. The molecule has 2 rings (SSSR count). The molecule has 0 bridgehead atoms. The highest BCUT2D eigenvalue weighted by molar-refractivity contribution is 5.77. The minimum Gasteiger partial charge on any atom is -0.359 e. The molecule has 1 saturated carbocycles. The van der Waals surface area contributed by atoms with E-state index in [4.69, 9.17) is 5.73 Å². The fourth-order valence-electron chi connectivity index (χ4n) is 1.44. The molecule has 5 nitrogen and oxygen atoms in total. The van der Waals surface area contributed by atoms with Crippen LogP contribution in [0.2, 0.25) is 0 Å². The molecule has 100 valence electrons. The lowest BCUT2D eigenvalue weighted by atomic mass is 10.2. The van der Waals surface area contributed by atoms with E-state index in [2.05, 4.69) is 15.0 Å². The molecule has 8 heteroatoms. The Morgan fingerprint density at radius 2 is 2.22 bits per heavy atom. The van der Waals surface area contributed by atoms with Crippen LogP contribution in [0.4, 0.5) is 13.2 Å². The molecule has 1 aromatic heterocycles. The molecule has 1 aliphatic carbocycles. The summed E-state index contributed by atoms with van der Waals surface area (Å²) < 4.78 is 41.1. The van der Waals surface area contributed by atoms with E-state index in [-0.39, 0.29) is 24.6 Å². The van der Waals surface area contributed by atoms with Gasteiger partial charge in [0.1, 0.15) is 0 Å². The lowest BCUT2D eigenvalue weighted by molar-refractivity contribution is -0.142. The zero-order valence-corrected chi connectivity index (χ0v) is 9.38. The van der Waals surface area contributed by atoms with Crippen molar-refractivity contribution in [3.8, 4) is 0 Å². The Bertz CT molecular complexity index is 451. The molecular weight excluding hydrogens is 251 g/mol. The smallest absolute Gasteiger partial charge is 0.359 e. The lowest BCUT2D eigenvalue weighted by Crippen LogP contribution is -2.32. The maximum absolute atomic E-state index is 12.2. The van der Waals surface area contributed by atoms with Crippen LogP contribution in [0.5, 0.6) is 0 Å². The number of amides is 1. The number of nitrogens with one attached hydrogen (secondary N) is 1. The summed E-state index contributed by atoms with van der Waals surface area (Å²) in [6.45, 7) is -0.127. The molecule has 0 atom stereocenters. The van der Waals surface area contributed by atoms with Crippen molar-refractivity contribution >= 4 is 5.91 Å². The Morgan fingerprint density at radius 1 is 1.56 bits per heavy atom. The molecule has 0 aromatic carbocycles. The summed E-state index contributed by atoms with van der Waals surface area (Å²) in [4.78, 5) is 11.4. The largest absolute Gasteiger partial charge is 0.436 e. The molecule has 1 heterocycles. The summed E-state index contributed by atoms with van der Waals surface area (Å²) in [6.07, 6.45) is -2.78. The quantitative estimate of drug-likeness (QED) is 0.855. The topological polar surface area (TPSA) is 81.2 Å². The van der Waals surface area contributed by atoms with E-state index in [0.29, 0.717) is 0 Å². The highest BCUT2D eigenvalue weighted by Crippen LogP contribution is 2.35. The van der Waals surface area contributed by atoms with Gasteiger partial charge >= 0.3 is 6.18 Å². The zero-order chi connectivity index (χ0) is 13.4. The summed E-state index contributed by atoms with van der Waals surface area (Å²) in [7, 11) is 0. The fraction of sp³-hybridized carbons (Fsp3) is 0.600. The van der Waals surface area contributed by atoms with Crippen molar-refractivity contribution < 1.29 is 22.5 Å². The van der Waals surface area contributed by atoms with Crippen molar-refractivity contribution in [2.75, 3.05) is 0 Å². The molecule has 0 aliphatic heterocycles. The van der Waals surface area contributed by atoms with Gasteiger partial charge in [0, 0.05) is 18.0 Å². The van der Waals surface area contributed by atoms with E-state index in [9.17, 15) is 18.0 Å². The first-order valence-electron chi connectivity index (χ1n) is 5.37. The third-order valence-corrected chi connectivity index (χ3v) is 2.71. The first-order chi connectivity index (χ1) is 8.28. The van der Waals surface area contributed by atoms with Gasteiger partial charge in [-0.25, -0.2) is 0 Å². The SMILES string of the molecule is NC1(CC(=O)NCc2cc(C(F)(F)F)no2)CC1. The summed E-state index contributed by atoms with van der Waals surface area (Å²) in [5, 5.41) is 5.32. The van der Waals surface area contributed by atoms with E-state index in [1.54, 1.807) is 0 Å². The van der Waals surface area contributed by atoms with E-state index in [1.807, 2.05) is 0 Å². The van der Waals surface area contributed by atoms with Crippen LogP contribution in [0, 0.1) is 0 Å². The van der Waals surface area contributed by atoms with Gasteiger partial charge in [-0.15, -0.1) is 0 Å². The van der Waals surface area contributed by atoms with Crippen molar-refractivity contribution in [3.05, 3.63) is 17.5 Å². The predicted molar refractivity (Wildman–Crippen MR) is 54.1 cm³/mol. The molecule has 0 radical (unpaired) electrons. The highest BCUT2D eigenvalue weighted by Gasteiger charge is 2.40. The van der Waals surface area contributed by atoms with E-state index < -0.39 is 17.4 Å². The number of hydrogen-bond donors (Lipinski definition) is 2. The Kier molecular flexibility index (Phi) is 3.05. The monoisotopic (exact) mass is 263 g/mol. The number of nitrogens with zero attached hydrogens (tertiary/aromatic N) is 1. The van der Waals surface area contributed by atoms with Crippen LogP contribution in [-0.2, 0) is 17.5 Å². The van der Waals surface area contributed by atoms with Crippen molar-refractivity contribution in [2.45, 2.75) is 37.5 Å². The maximum Gasteiger partial charge on any atom is 0.436 e. The van der Waals surface area contributed by atoms with Crippen LogP contribution in [0.25, 0.3) is 0 Å². The zero-order valence-electron chi connectivity index (χ0n) is 9.38. The molecule has 18 heavy (non-hydrogen) atoms. The molecule has 0 unspecified atom stereocenters. The summed E-state index contributed by atoms with van der Waals surface area (Å²) in [6, 6.07) is 0.760. The molecule has 0 spiro atoms. The van der Waals surface area contributed by atoms with Crippen LogP contribution in [0.15, 0.2) is 10.6 Å². The molecule has 1 aromatic rings. The normalized spacial score (nSPS) is 17.6. The number of alkyl halides is 3. The molecule has 1 amide bonds. The van der Waals surface area contributed by atoms with Crippen LogP contribution < -0.4 is 11.1 Å². The predicted octanol–water partition coefficient (Wildman–Crippen LogP) is 1.19. The third-order valence-electron chi connectivity index (χ3n) is 2.71. The average Bonchev–Trinajstić information content (AvgIpc) is 2.81. The van der Waals surface area contributed by atoms with E-state index in [0.717, 1.165) is 18.9 Å². The molecule has 1 aliphatic rings. The molecule has 0 saturated heterocycles. The van der Waals surface area contributed by atoms with Crippen molar-refractivity contribution in [3.63, 3.8) is 0 Å². The second-order valence-corrected chi connectivity index (χ2v) is 4.49. The van der Waals surface area contributed by atoms with Gasteiger partial charge in [-0.05, 0) is 12.8 Å². The Balaban J connectivity index is 1.83. The number of halogens is 3. The van der Waals surface area contributed by atoms with Gasteiger partial charge in [0.15, 0.2) is 11.5 Å². The van der Waals surface area contributed by atoms with Gasteiger partial charge < -0.3 is 15.6 Å². The Hall–Kier alpha value is -1.57. The lowest BCUT2D eigenvalue weighted by Gasteiger charge is -2.07. The van der Waals surface area contributed by atoms with Gasteiger partial charge in [0.25, 0.3) is 0 Å². The molecule has 1 fully saturated rings. The number of carbonyl (C=O) groups excluding carboxylic acids is 1. The molecule has 3 N–H and O–H groups in total. The second-order valence-electron chi connectivity index (χ2n) is 4.49. The van der Waals surface area contributed by atoms with Gasteiger partial charge in [0.2, 0.25) is 5.91 Å². The van der Waals surface area contributed by atoms with Gasteiger partial charge in [-0.3, -0.25) is 4.79 Å². The minimum atomic E-state index is -4.54. The first kappa shape index (κ1) is 12.9. The third kappa shape index (κ3) is 3.22. The number of carbonyl (C=O) groups is 1. The summed E-state index contributed by atoms with van der Waals surface area (Å²) in [5.74, 6) is -0.350. The van der Waals surface area contributed by atoms with Crippen LogP contribution in [0.3, 0.4) is 0 Å². The number of hydrogen-bond acceptors (Lipinski definition) is 4. The van der Waals surface area contributed by atoms with Crippen LogP contribution in [0.1, 0.15) is 30.7 Å². The van der Waals surface area contributed by atoms with E-state index in [1.165, 1.54) is 0 Å². The Labute approximate surface area is 100 Å². The average molecular weight is 263 g/mol. The highest BCUT2D eigenvalue weighted by atomic mass is 19.4. The minimum absolute atomic E-state index is 0.0439. The van der Waals surface area contributed by atoms with Crippen LogP contribution >= 0.6 is 0 Å². The fourth-order valence-corrected chi connectivity index (χ4v) is 1.44. The van der Waals surface area contributed by atoms with Gasteiger partial charge in [0.05, 0.1) is 6.54 Å². The molecular formula is C10H12F3N3O2. The standard InChI is InChI=1S/C10H12F3N3O2/c11-10(12,13)7-3-6(18-16-7)5-15-8(17)4-9(14)1-2-9/h3H,1-2,4-5,14H2,(H,15,17). The number of rotatable bonds is 4.